The van der Waals surface area contributed by atoms with Crippen LogP contribution in [0.2, 0.25) is 0 Å². The molecule has 0 fully saturated rings. The number of nitrogens with one attached hydrogen (secondary N) is 1. The molecule has 2 aromatic heterocycles. The standard InChI is InChI=1S/C21H18BrN5O4/c1-30-15-7-8-16(19(9-15)31-2)24-20(28)11-26-21(29)18-10-17(25-27(18)12-23-26)13-3-5-14(22)6-4-13/h3-10,12H,11H2,1-2H3,(H,24,28). The number of amides is 1. The van der Waals surface area contributed by atoms with Gasteiger partial charge in [0.05, 0.1) is 25.6 Å². The molecular weight excluding hydrogens is 466 g/mol. The molecule has 31 heavy (non-hydrogen) atoms. The van der Waals surface area contributed by atoms with E-state index in [-0.39, 0.29) is 6.54 Å². The van der Waals surface area contributed by atoms with E-state index in [9.17, 15) is 9.59 Å². The summed E-state index contributed by atoms with van der Waals surface area (Å²) in [6, 6.07) is 14.3. The molecule has 10 heteroatoms. The first kappa shape index (κ1) is 20.6. The lowest BCUT2D eigenvalue weighted by atomic mass is 10.1. The lowest BCUT2D eigenvalue weighted by Crippen LogP contribution is -2.30. The Balaban J connectivity index is 1.57. The van der Waals surface area contributed by atoms with Gasteiger partial charge in [-0.1, -0.05) is 28.1 Å². The van der Waals surface area contributed by atoms with Crippen molar-refractivity contribution in [2.24, 2.45) is 0 Å². The number of ether oxygens (including phenoxy) is 2. The quantitative estimate of drug-likeness (QED) is 0.452. The summed E-state index contributed by atoms with van der Waals surface area (Å²) in [7, 11) is 3.03. The van der Waals surface area contributed by atoms with Crippen LogP contribution in [0.1, 0.15) is 0 Å². The van der Waals surface area contributed by atoms with Gasteiger partial charge in [-0.2, -0.15) is 10.2 Å². The number of hydrogen-bond donors (Lipinski definition) is 1. The fourth-order valence-electron chi connectivity index (χ4n) is 3.04. The van der Waals surface area contributed by atoms with Crippen LogP contribution in [0.15, 0.2) is 64.1 Å². The highest BCUT2D eigenvalue weighted by atomic mass is 79.9. The minimum absolute atomic E-state index is 0.261. The number of fused-ring (bicyclic) bond motifs is 1. The van der Waals surface area contributed by atoms with Gasteiger partial charge in [0.1, 0.15) is 29.9 Å². The van der Waals surface area contributed by atoms with Crippen LogP contribution in [0.25, 0.3) is 16.8 Å². The van der Waals surface area contributed by atoms with E-state index in [1.54, 1.807) is 31.4 Å². The summed E-state index contributed by atoms with van der Waals surface area (Å²) in [6.07, 6.45) is 1.40. The molecule has 0 saturated carbocycles. The van der Waals surface area contributed by atoms with Crippen molar-refractivity contribution in [2.75, 3.05) is 19.5 Å². The van der Waals surface area contributed by atoms with Gasteiger partial charge in [-0.3, -0.25) is 9.59 Å². The zero-order valence-electron chi connectivity index (χ0n) is 16.7. The van der Waals surface area contributed by atoms with E-state index in [2.05, 4.69) is 31.4 Å². The van der Waals surface area contributed by atoms with E-state index in [0.717, 1.165) is 14.7 Å². The second-order valence-corrected chi connectivity index (χ2v) is 7.49. The third kappa shape index (κ3) is 4.29. The van der Waals surface area contributed by atoms with Crippen molar-refractivity contribution in [3.63, 3.8) is 0 Å². The number of methoxy groups -OCH3 is 2. The Morgan fingerprint density at radius 3 is 2.58 bits per heavy atom. The van der Waals surface area contributed by atoms with Crippen LogP contribution in [-0.4, -0.2) is 39.5 Å². The summed E-state index contributed by atoms with van der Waals surface area (Å²) in [5.74, 6) is 0.619. The molecule has 0 bridgehead atoms. The Hall–Kier alpha value is -3.66. The third-order valence-electron chi connectivity index (χ3n) is 4.61. The highest BCUT2D eigenvalue weighted by molar-refractivity contribution is 9.10. The van der Waals surface area contributed by atoms with Gasteiger partial charge >= 0.3 is 0 Å². The molecule has 2 heterocycles. The molecule has 4 rings (SSSR count). The largest absolute Gasteiger partial charge is 0.497 e. The number of rotatable bonds is 6. The van der Waals surface area contributed by atoms with Crippen LogP contribution in [0.4, 0.5) is 5.69 Å². The van der Waals surface area contributed by atoms with Crippen LogP contribution in [0.5, 0.6) is 11.5 Å². The highest BCUT2D eigenvalue weighted by Crippen LogP contribution is 2.29. The molecule has 0 radical (unpaired) electrons. The molecule has 0 aliphatic heterocycles. The first-order chi connectivity index (χ1) is 15.0. The van der Waals surface area contributed by atoms with Gasteiger partial charge < -0.3 is 14.8 Å². The van der Waals surface area contributed by atoms with E-state index in [1.807, 2.05) is 24.3 Å². The molecule has 0 aliphatic rings. The Labute approximate surface area is 185 Å². The van der Waals surface area contributed by atoms with Crippen molar-refractivity contribution in [1.29, 1.82) is 0 Å². The predicted octanol–water partition coefficient (Wildman–Crippen LogP) is 2.98. The van der Waals surface area contributed by atoms with Gasteiger partial charge in [-0.15, -0.1) is 0 Å². The lowest BCUT2D eigenvalue weighted by molar-refractivity contribution is -0.117. The highest BCUT2D eigenvalue weighted by Gasteiger charge is 2.14. The molecule has 4 aromatic rings. The van der Waals surface area contributed by atoms with Crippen LogP contribution in [0.3, 0.4) is 0 Å². The Morgan fingerprint density at radius 1 is 1.10 bits per heavy atom. The van der Waals surface area contributed by atoms with Gasteiger partial charge in [0.15, 0.2) is 0 Å². The lowest BCUT2D eigenvalue weighted by Gasteiger charge is -2.12. The third-order valence-corrected chi connectivity index (χ3v) is 5.13. The Bertz CT molecular complexity index is 1310. The summed E-state index contributed by atoms with van der Waals surface area (Å²) in [5.41, 5.74) is 1.86. The molecule has 9 nitrogen and oxygen atoms in total. The number of carbonyl (C=O) groups is 1. The minimum atomic E-state index is -0.421. The molecule has 0 atom stereocenters. The molecule has 0 spiro atoms. The average Bonchev–Trinajstić information content (AvgIpc) is 3.21. The molecule has 1 amide bonds. The summed E-state index contributed by atoms with van der Waals surface area (Å²) in [6.45, 7) is -0.261. The van der Waals surface area contributed by atoms with Gasteiger partial charge in [0, 0.05) is 16.1 Å². The van der Waals surface area contributed by atoms with Crippen LogP contribution < -0.4 is 20.3 Å². The molecule has 0 saturated heterocycles. The first-order valence-electron chi connectivity index (χ1n) is 9.22. The minimum Gasteiger partial charge on any atom is -0.497 e. The Morgan fingerprint density at radius 2 is 1.87 bits per heavy atom. The number of anilines is 1. The predicted molar refractivity (Wildman–Crippen MR) is 119 cm³/mol. The van der Waals surface area contributed by atoms with Crippen LogP contribution in [-0.2, 0) is 11.3 Å². The van der Waals surface area contributed by atoms with Gasteiger partial charge in [-0.05, 0) is 30.3 Å². The fraction of sp³-hybridized carbons (Fsp3) is 0.143. The summed E-state index contributed by atoms with van der Waals surface area (Å²) >= 11 is 3.40. The number of benzene rings is 2. The molecule has 0 aliphatic carbocycles. The van der Waals surface area contributed by atoms with Gasteiger partial charge in [-0.25, -0.2) is 9.20 Å². The monoisotopic (exact) mass is 483 g/mol. The van der Waals surface area contributed by atoms with Crippen molar-refractivity contribution in [3.8, 4) is 22.8 Å². The second kappa shape index (κ2) is 8.60. The normalized spacial score (nSPS) is 10.8. The van der Waals surface area contributed by atoms with Crippen LogP contribution in [0, 0.1) is 0 Å². The summed E-state index contributed by atoms with van der Waals surface area (Å²) in [5, 5.41) is 11.2. The topological polar surface area (TPSA) is 99.8 Å². The second-order valence-electron chi connectivity index (χ2n) is 6.57. The SMILES string of the molecule is COc1ccc(NC(=O)Cn2ncn3nc(-c4ccc(Br)cc4)cc3c2=O)c(OC)c1. The van der Waals surface area contributed by atoms with E-state index in [1.165, 1.54) is 18.0 Å². The summed E-state index contributed by atoms with van der Waals surface area (Å²) < 4.78 is 13.9. The zero-order valence-corrected chi connectivity index (χ0v) is 18.3. The molecule has 2 aromatic carbocycles. The van der Waals surface area contributed by atoms with Crippen LogP contribution >= 0.6 is 15.9 Å². The smallest absolute Gasteiger partial charge is 0.293 e. The number of aromatic nitrogens is 4. The van der Waals surface area contributed by atoms with E-state index in [0.29, 0.717) is 28.4 Å². The fourth-order valence-corrected chi connectivity index (χ4v) is 3.30. The zero-order chi connectivity index (χ0) is 22.0. The first-order valence-corrected chi connectivity index (χ1v) is 10.0. The molecular formula is C21H18BrN5O4. The summed E-state index contributed by atoms with van der Waals surface area (Å²) in [4.78, 5) is 25.4. The number of halogens is 1. The van der Waals surface area contributed by atoms with Gasteiger partial charge in [0.2, 0.25) is 5.91 Å². The van der Waals surface area contributed by atoms with Crippen molar-refractivity contribution < 1.29 is 14.3 Å². The van der Waals surface area contributed by atoms with Crippen molar-refractivity contribution in [3.05, 3.63) is 69.7 Å². The maximum Gasteiger partial charge on any atom is 0.293 e. The molecule has 1 N–H and O–H groups in total. The maximum absolute atomic E-state index is 12.8. The number of nitrogens with zero attached hydrogens (tertiary/aromatic N) is 4. The van der Waals surface area contributed by atoms with E-state index in [4.69, 9.17) is 9.47 Å². The van der Waals surface area contributed by atoms with Crippen molar-refractivity contribution in [1.82, 2.24) is 19.4 Å². The number of carbonyl (C=O) groups excluding carboxylic acids is 1. The molecule has 158 valence electrons. The van der Waals surface area contributed by atoms with E-state index >= 15 is 0 Å². The Kier molecular flexibility index (Phi) is 5.72. The number of hydrogen-bond acceptors (Lipinski definition) is 6. The average molecular weight is 484 g/mol. The van der Waals surface area contributed by atoms with Crippen molar-refractivity contribution >= 4 is 33.0 Å². The van der Waals surface area contributed by atoms with E-state index < -0.39 is 11.5 Å². The maximum atomic E-state index is 12.8. The molecule has 0 unspecified atom stereocenters. The van der Waals surface area contributed by atoms with Crippen molar-refractivity contribution in [2.45, 2.75) is 6.54 Å². The van der Waals surface area contributed by atoms with Gasteiger partial charge in [0.25, 0.3) is 5.56 Å².